The van der Waals surface area contributed by atoms with Gasteiger partial charge in [-0.05, 0) is 18.9 Å². The van der Waals surface area contributed by atoms with Crippen molar-refractivity contribution in [3.05, 3.63) is 24.3 Å². The molecule has 0 aliphatic heterocycles. The molecule has 0 aromatic heterocycles. The van der Waals surface area contributed by atoms with Crippen molar-refractivity contribution >= 4 is 0 Å². The molecule has 88 valence electrons. The number of allylic oxidation sites excluding steroid dienone is 1. The molecular weight excluding hydrogens is 195 g/mol. The number of aliphatic hydroxyl groups excluding tert-OH is 2. The third kappa shape index (κ3) is 8.33. The van der Waals surface area contributed by atoms with Crippen molar-refractivity contribution in [3.63, 3.8) is 0 Å². The van der Waals surface area contributed by atoms with Gasteiger partial charge in [0.1, 0.15) is 12.3 Å². The Bertz CT molecular complexity index is 190. The normalized spacial score (nSPS) is 16.3. The van der Waals surface area contributed by atoms with Crippen LogP contribution in [-0.2, 0) is 0 Å². The van der Waals surface area contributed by atoms with E-state index in [0.29, 0.717) is 0 Å². The van der Waals surface area contributed by atoms with E-state index in [1.54, 1.807) is 6.08 Å². The van der Waals surface area contributed by atoms with Crippen molar-refractivity contribution in [1.82, 2.24) is 0 Å². The van der Waals surface area contributed by atoms with E-state index in [2.05, 4.69) is 6.92 Å². The molecule has 15 heavy (non-hydrogen) atoms. The van der Waals surface area contributed by atoms with E-state index in [0.717, 1.165) is 25.7 Å². The minimum absolute atomic E-state index is 0.201. The van der Waals surface area contributed by atoms with Gasteiger partial charge in [0, 0.05) is 0 Å². The summed E-state index contributed by atoms with van der Waals surface area (Å²) in [7, 11) is 0. The number of alkyl halides is 1. The fourth-order valence-corrected chi connectivity index (χ4v) is 1.16. The molecule has 2 nitrogen and oxygen atoms in total. The molecule has 0 aliphatic rings. The predicted octanol–water partition coefficient (Wildman–Crippen LogP) is 2.37. The fourth-order valence-electron chi connectivity index (χ4n) is 1.16. The van der Waals surface area contributed by atoms with E-state index in [1.807, 2.05) is 0 Å². The van der Waals surface area contributed by atoms with E-state index in [1.165, 1.54) is 18.2 Å². The lowest BCUT2D eigenvalue weighted by Crippen LogP contribution is -2.16. The summed E-state index contributed by atoms with van der Waals surface area (Å²) in [6.07, 6.45) is 7.46. The van der Waals surface area contributed by atoms with E-state index in [4.69, 9.17) is 5.11 Å². The third-order valence-electron chi connectivity index (χ3n) is 2.06. The molecule has 0 heterocycles. The molecule has 0 bridgehead atoms. The largest absolute Gasteiger partial charge is 0.392 e. The van der Waals surface area contributed by atoms with Gasteiger partial charge in [0.2, 0.25) is 0 Å². The molecule has 0 aromatic rings. The summed E-state index contributed by atoms with van der Waals surface area (Å²) in [6, 6.07) is 0. The average Bonchev–Trinajstić information content (AvgIpc) is 2.25. The molecule has 0 aliphatic carbocycles. The second kappa shape index (κ2) is 9.87. The van der Waals surface area contributed by atoms with Crippen LogP contribution in [0.5, 0.6) is 0 Å². The zero-order chi connectivity index (χ0) is 11.5. The summed E-state index contributed by atoms with van der Waals surface area (Å²) in [5.41, 5.74) is 0. The zero-order valence-electron chi connectivity index (χ0n) is 9.27. The van der Waals surface area contributed by atoms with E-state index < -0.39 is 12.3 Å². The van der Waals surface area contributed by atoms with Crippen molar-refractivity contribution in [1.29, 1.82) is 0 Å². The lowest BCUT2D eigenvalue weighted by molar-refractivity contribution is 0.143. The second-order valence-electron chi connectivity index (χ2n) is 3.47. The maximum absolute atomic E-state index is 13.1. The van der Waals surface area contributed by atoms with Crippen LogP contribution >= 0.6 is 0 Å². The van der Waals surface area contributed by atoms with Crippen LogP contribution in [0.3, 0.4) is 0 Å². The first-order valence-electron chi connectivity index (χ1n) is 5.48. The predicted molar refractivity (Wildman–Crippen MR) is 60.4 cm³/mol. The Morgan fingerprint density at radius 3 is 2.53 bits per heavy atom. The fraction of sp³-hybridized carbons (Fsp3) is 0.667. The van der Waals surface area contributed by atoms with Crippen LogP contribution in [0, 0.1) is 0 Å². The minimum atomic E-state index is -1.43. The Labute approximate surface area is 91.1 Å². The van der Waals surface area contributed by atoms with Gasteiger partial charge in [-0.3, -0.25) is 0 Å². The van der Waals surface area contributed by atoms with Crippen LogP contribution < -0.4 is 0 Å². The highest BCUT2D eigenvalue weighted by Crippen LogP contribution is 2.05. The Hall–Kier alpha value is -0.670. The molecule has 0 amide bonds. The standard InChI is InChI=1S/C12H21FO2/c1-2-3-4-5-6-9-12(15)11(13)8-7-10-14/h6-9,11-12,14-15H,2-5,10H2,1H3/b8-7-,9-6-/t11-,12+/m1/s1. The van der Waals surface area contributed by atoms with Gasteiger partial charge in [-0.2, -0.15) is 0 Å². The monoisotopic (exact) mass is 216 g/mol. The van der Waals surface area contributed by atoms with Gasteiger partial charge in [0.05, 0.1) is 6.61 Å². The Morgan fingerprint density at radius 2 is 1.93 bits per heavy atom. The number of aliphatic hydroxyl groups is 2. The number of hydrogen-bond acceptors (Lipinski definition) is 2. The maximum atomic E-state index is 13.1. The number of halogens is 1. The smallest absolute Gasteiger partial charge is 0.148 e. The second-order valence-corrected chi connectivity index (χ2v) is 3.47. The van der Waals surface area contributed by atoms with Crippen molar-refractivity contribution in [3.8, 4) is 0 Å². The van der Waals surface area contributed by atoms with Crippen LogP contribution in [0.2, 0.25) is 0 Å². The van der Waals surface area contributed by atoms with Crippen molar-refractivity contribution < 1.29 is 14.6 Å². The molecular formula is C12H21FO2. The van der Waals surface area contributed by atoms with Gasteiger partial charge in [-0.1, -0.05) is 38.0 Å². The topological polar surface area (TPSA) is 40.5 Å². The highest BCUT2D eigenvalue weighted by Gasteiger charge is 2.10. The van der Waals surface area contributed by atoms with Gasteiger partial charge in [-0.25, -0.2) is 4.39 Å². The van der Waals surface area contributed by atoms with E-state index >= 15 is 0 Å². The van der Waals surface area contributed by atoms with Crippen molar-refractivity contribution in [2.45, 2.75) is 44.9 Å². The quantitative estimate of drug-likeness (QED) is 0.483. The van der Waals surface area contributed by atoms with Gasteiger partial charge in [-0.15, -0.1) is 0 Å². The van der Waals surface area contributed by atoms with Crippen LogP contribution in [0.4, 0.5) is 4.39 Å². The van der Waals surface area contributed by atoms with Crippen molar-refractivity contribution in [2.75, 3.05) is 6.61 Å². The summed E-state index contributed by atoms with van der Waals surface area (Å²) in [4.78, 5) is 0. The molecule has 0 saturated carbocycles. The van der Waals surface area contributed by atoms with E-state index in [-0.39, 0.29) is 6.61 Å². The highest BCUT2D eigenvalue weighted by atomic mass is 19.1. The first-order valence-corrected chi connectivity index (χ1v) is 5.48. The summed E-state index contributed by atoms with van der Waals surface area (Å²) in [5.74, 6) is 0. The first kappa shape index (κ1) is 14.3. The number of hydrogen-bond donors (Lipinski definition) is 2. The average molecular weight is 216 g/mol. The molecule has 0 rings (SSSR count). The first-order chi connectivity index (χ1) is 7.22. The molecule has 0 saturated heterocycles. The molecule has 0 fully saturated rings. The van der Waals surface area contributed by atoms with Crippen LogP contribution in [0.25, 0.3) is 0 Å². The van der Waals surface area contributed by atoms with E-state index in [9.17, 15) is 9.50 Å². The summed E-state index contributed by atoms with van der Waals surface area (Å²) < 4.78 is 13.1. The van der Waals surface area contributed by atoms with Crippen LogP contribution in [0.15, 0.2) is 24.3 Å². The highest BCUT2D eigenvalue weighted by molar-refractivity contribution is 5.01. The lowest BCUT2D eigenvalue weighted by atomic mass is 10.1. The number of unbranched alkanes of at least 4 members (excludes halogenated alkanes) is 3. The number of rotatable bonds is 8. The SMILES string of the molecule is CCCCC/C=C\[C@H](O)[C@H](F)/C=C\CO. The lowest BCUT2D eigenvalue weighted by Gasteiger charge is -2.06. The molecule has 3 heteroatoms. The van der Waals surface area contributed by atoms with Gasteiger partial charge in [0.15, 0.2) is 0 Å². The zero-order valence-corrected chi connectivity index (χ0v) is 9.27. The molecule has 2 N–H and O–H groups in total. The molecule has 0 spiro atoms. The minimum Gasteiger partial charge on any atom is -0.392 e. The molecule has 2 atom stereocenters. The summed E-state index contributed by atoms with van der Waals surface area (Å²) >= 11 is 0. The molecule has 0 unspecified atom stereocenters. The van der Waals surface area contributed by atoms with Crippen molar-refractivity contribution in [2.24, 2.45) is 0 Å². The summed E-state index contributed by atoms with van der Waals surface area (Å²) in [5, 5.41) is 17.7. The van der Waals surface area contributed by atoms with Crippen LogP contribution in [-0.4, -0.2) is 29.1 Å². The Kier molecular flexibility index (Phi) is 9.43. The molecule has 0 radical (unpaired) electrons. The third-order valence-corrected chi connectivity index (χ3v) is 2.06. The molecule has 0 aromatic carbocycles. The van der Waals surface area contributed by atoms with Gasteiger partial charge < -0.3 is 10.2 Å². The van der Waals surface area contributed by atoms with Gasteiger partial charge in [0.25, 0.3) is 0 Å². The van der Waals surface area contributed by atoms with Crippen LogP contribution in [0.1, 0.15) is 32.6 Å². The Morgan fingerprint density at radius 1 is 1.20 bits per heavy atom. The Balaban J connectivity index is 3.70. The summed E-state index contributed by atoms with van der Waals surface area (Å²) in [6.45, 7) is 1.92. The maximum Gasteiger partial charge on any atom is 0.148 e. The van der Waals surface area contributed by atoms with Gasteiger partial charge >= 0.3 is 0 Å².